The van der Waals surface area contributed by atoms with Gasteiger partial charge in [-0.25, -0.2) is 9.37 Å². The molecule has 1 aromatic heterocycles. The zero-order valence-electron chi connectivity index (χ0n) is 24.2. The van der Waals surface area contributed by atoms with Crippen LogP contribution in [-0.2, 0) is 16.1 Å². The molecule has 2 aliphatic heterocycles. The summed E-state index contributed by atoms with van der Waals surface area (Å²) in [5, 5.41) is 13.3. The first-order chi connectivity index (χ1) is 20.0. The standard InChI is InChI=1S/C31H35FN4O5S/c1-16(2)26(35-13-20-8-6-7-9-22(20)30(35)39)31(40)36-14-23(37)25(32)27(36)29(38)34-17(3)21-11-10-19(12-24(21)41-5)28-18(4)33-15-42-28/h6-12,15-17,23,25-27,37H,13-14H2,1-5H3,(H,34,38)/t17-,23-,25-,26-,27-/m0/s1. The zero-order valence-corrected chi connectivity index (χ0v) is 25.0. The third-order valence-electron chi connectivity index (χ3n) is 8.08. The molecule has 9 nitrogen and oxygen atoms in total. The molecule has 2 aliphatic rings. The predicted octanol–water partition coefficient (Wildman–Crippen LogP) is 3.89. The van der Waals surface area contributed by atoms with Crippen molar-refractivity contribution < 1.29 is 28.6 Å². The number of hydrogen-bond acceptors (Lipinski definition) is 7. The molecule has 0 aliphatic carbocycles. The molecule has 0 spiro atoms. The van der Waals surface area contributed by atoms with Gasteiger partial charge in [-0.2, -0.15) is 0 Å². The number of benzene rings is 2. The van der Waals surface area contributed by atoms with Gasteiger partial charge in [-0.3, -0.25) is 14.4 Å². The number of β-amino-alcohol motifs (C(OH)–C–C–N with tert-alkyl or cyclic N) is 1. The number of carbonyl (C=O) groups is 3. The second-order valence-electron chi connectivity index (χ2n) is 11.2. The number of alkyl halides is 1. The third kappa shape index (κ3) is 5.27. The molecule has 3 heterocycles. The van der Waals surface area contributed by atoms with E-state index in [0.29, 0.717) is 16.9 Å². The average molecular weight is 595 g/mol. The fraction of sp³-hybridized carbons (Fsp3) is 0.419. The molecule has 2 N–H and O–H groups in total. The minimum absolute atomic E-state index is 0.240. The van der Waals surface area contributed by atoms with E-state index in [1.165, 1.54) is 23.3 Å². The Kier molecular flexibility index (Phi) is 8.34. The predicted molar refractivity (Wildman–Crippen MR) is 157 cm³/mol. The highest BCUT2D eigenvalue weighted by molar-refractivity contribution is 7.13. The van der Waals surface area contributed by atoms with Crippen LogP contribution in [0.5, 0.6) is 5.75 Å². The molecule has 2 aromatic carbocycles. The Bertz CT molecular complexity index is 1510. The quantitative estimate of drug-likeness (QED) is 0.409. The number of hydrogen-bond donors (Lipinski definition) is 2. The highest BCUT2D eigenvalue weighted by Crippen LogP contribution is 2.35. The molecule has 3 amide bonds. The summed E-state index contributed by atoms with van der Waals surface area (Å²) in [6.45, 7) is 7.17. The highest BCUT2D eigenvalue weighted by atomic mass is 32.1. The van der Waals surface area contributed by atoms with E-state index in [1.807, 2.05) is 37.3 Å². The molecule has 0 unspecified atom stereocenters. The lowest BCUT2D eigenvalue weighted by Gasteiger charge is -2.35. The van der Waals surface area contributed by atoms with Crippen molar-refractivity contribution in [3.8, 4) is 16.2 Å². The van der Waals surface area contributed by atoms with Crippen LogP contribution < -0.4 is 10.1 Å². The number of aromatic nitrogens is 1. The lowest BCUT2D eigenvalue weighted by atomic mass is 10.00. The van der Waals surface area contributed by atoms with Gasteiger partial charge in [0.05, 0.1) is 35.8 Å². The van der Waals surface area contributed by atoms with Gasteiger partial charge in [0.2, 0.25) is 11.8 Å². The van der Waals surface area contributed by atoms with Crippen LogP contribution in [0.1, 0.15) is 54.0 Å². The van der Waals surface area contributed by atoms with Gasteiger partial charge in [-0.15, -0.1) is 11.3 Å². The number of nitrogens with zero attached hydrogens (tertiary/aromatic N) is 3. The molecule has 5 atom stereocenters. The van der Waals surface area contributed by atoms with Crippen molar-refractivity contribution in [2.45, 2.75) is 64.6 Å². The zero-order chi connectivity index (χ0) is 30.3. The third-order valence-corrected chi connectivity index (χ3v) is 9.05. The van der Waals surface area contributed by atoms with E-state index >= 15 is 4.39 Å². The maximum Gasteiger partial charge on any atom is 0.255 e. The second kappa shape index (κ2) is 11.8. The molecule has 0 radical (unpaired) electrons. The number of ether oxygens (including phenoxy) is 1. The van der Waals surface area contributed by atoms with Gasteiger partial charge in [0.1, 0.15) is 23.9 Å². The molecule has 3 aromatic rings. The summed E-state index contributed by atoms with van der Waals surface area (Å²) in [7, 11) is 1.53. The Morgan fingerprint density at radius 2 is 1.93 bits per heavy atom. The van der Waals surface area contributed by atoms with Crippen molar-refractivity contribution in [3.63, 3.8) is 0 Å². The number of aliphatic hydroxyl groups excluding tert-OH is 1. The van der Waals surface area contributed by atoms with Crippen LogP contribution in [0.15, 0.2) is 48.0 Å². The Morgan fingerprint density at radius 3 is 2.57 bits per heavy atom. The summed E-state index contributed by atoms with van der Waals surface area (Å²) in [6.07, 6.45) is -3.52. The van der Waals surface area contributed by atoms with Gasteiger partial charge in [-0.1, -0.05) is 44.2 Å². The first-order valence-corrected chi connectivity index (χ1v) is 14.8. The van der Waals surface area contributed by atoms with Crippen LogP contribution in [0.3, 0.4) is 0 Å². The Morgan fingerprint density at radius 1 is 1.19 bits per heavy atom. The number of thiazole rings is 1. The van der Waals surface area contributed by atoms with Crippen molar-refractivity contribution in [2.75, 3.05) is 13.7 Å². The second-order valence-corrected chi connectivity index (χ2v) is 12.0. The number of fused-ring (bicyclic) bond motifs is 1. The van der Waals surface area contributed by atoms with Gasteiger partial charge >= 0.3 is 0 Å². The lowest BCUT2D eigenvalue weighted by Crippen LogP contribution is -2.56. The highest BCUT2D eigenvalue weighted by Gasteiger charge is 2.51. The van der Waals surface area contributed by atoms with Crippen molar-refractivity contribution >= 4 is 29.1 Å². The monoisotopic (exact) mass is 594 g/mol. The number of amides is 3. The van der Waals surface area contributed by atoms with E-state index in [1.54, 1.807) is 38.4 Å². The van der Waals surface area contributed by atoms with Gasteiger partial charge in [0.15, 0.2) is 6.17 Å². The van der Waals surface area contributed by atoms with Crippen molar-refractivity contribution in [3.05, 3.63) is 70.4 Å². The Balaban J connectivity index is 1.37. The van der Waals surface area contributed by atoms with Crippen LogP contribution in [0.2, 0.25) is 0 Å². The summed E-state index contributed by atoms with van der Waals surface area (Å²) in [5.41, 5.74) is 5.59. The van der Waals surface area contributed by atoms with Crippen molar-refractivity contribution in [1.29, 1.82) is 0 Å². The van der Waals surface area contributed by atoms with Gasteiger partial charge in [-0.05, 0) is 43.0 Å². The number of nitrogens with one attached hydrogen (secondary N) is 1. The van der Waals surface area contributed by atoms with E-state index in [-0.39, 0.29) is 24.9 Å². The van der Waals surface area contributed by atoms with Crippen molar-refractivity contribution in [2.24, 2.45) is 5.92 Å². The summed E-state index contributed by atoms with van der Waals surface area (Å²) >= 11 is 1.51. The maximum atomic E-state index is 15.4. The van der Waals surface area contributed by atoms with Crippen LogP contribution in [0, 0.1) is 12.8 Å². The fourth-order valence-electron chi connectivity index (χ4n) is 5.93. The lowest BCUT2D eigenvalue weighted by molar-refractivity contribution is -0.144. The van der Waals surface area contributed by atoms with Crippen LogP contribution >= 0.6 is 11.3 Å². The van der Waals surface area contributed by atoms with Crippen LogP contribution in [0.4, 0.5) is 4.39 Å². The maximum absolute atomic E-state index is 15.4. The molecular weight excluding hydrogens is 559 g/mol. The summed E-state index contributed by atoms with van der Waals surface area (Å²) in [6, 6.07) is 9.68. The normalized spacial score (nSPS) is 21.4. The number of likely N-dealkylation sites (tertiary alicyclic amines) is 1. The van der Waals surface area contributed by atoms with Crippen LogP contribution in [-0.4, -0.2) is 75.6 Å². The molecule has 1 fully saturated rings. The van der Waals surface area contributed by atoms with Crippen molar-refractivity contribution in [1.82, 2.24) is 20.1 Å². The average Bonchev–Trinajstić information content (AvgIpc) is 3.63. The van der Waals surface area contributed by atoms with E-state index < -0.39 is 42.2 Å². The van der Waals surface area contributed by atoms with Gasteiger partial charge < -0.3 is 25.0 Å². The number of carbonyl (C=O) groups excluding carboxylic acids is 3. The largest absolute Gasteiger partial charge is 0.496 e. The molecule has 0 saturated carbocycles. The molecule has 11 heteroatoms. The Labute approximate surface area is 248 Å². The topological polar surface area (TPSA) is 112 Å². The molecule has 1 saturated heterocycles. The van der Waals surface area contributed by atoms with E-state index in [9.17, 15) is 19.5 Å². The summed E-state index contributed by atoms with van der Waals surface area (Å²) in [5.74, 6) is -1.37. The summed E-state index contributed by atoms with van der Waals surface area (Å²) < 4.78 is 21.0. The van der Waals surface area contributed by atoms with E-state index in [4.69, 9.17) is 4.74 Å². The Hall–Kier alpha value is -3.83. The van der Waals surface area contributed by atoms with Gasteiger partial charge in [0, 0.05) is 17.7 Å². The molecular formula is C31H35FN4O5S. The molecule has 5 rings (SSSR count). The fourth-order valence-corrected chi connectivity index (χ4v) is 6.73. The smallest absolute Gasteiger partial charge is 0.255 e. The molecule has 42 heavy (non-hydrogen) atoms. The number of rotatable bonds is 8. The SMILES string of the molecule is COc1cc(-c2scnc2C)ccc1[C@H](C)NC(=O)[C@@H]1[C@@H](F)[C@@H](O)CN1C(=O)[C@H](C(C)C)N1Cc2ccccc2C1=O. The number of halogens is 1. The number of aryl methyl sites for hydroxylation is 1. The first kappa shape index (κ1) is 29.7. The van der Waals surface area contributed by atoms with E-state index in [0.717, 1.165) is 26.6 Å². The number of methoxy groups -OCH3 is 1. The molecule has 0 bridgehead atoms. The van der Waals surface area contributed by atoms with E-state index in [2.05, 4.69) is 10.3 Å². The minimum atomic E-state index is -1.99. The summed E-state index contributed by atoms with van der Waals surface area (Å²) in [4.78, 5) is 48.6. The number of aliphatic hydroxyl groups is 1. The first-order valence-electron chi connectivity index (χ1n) is 13.9. The molecule has 222 valence electrons. The minimum Gasteiger partial charge on any atom is -0.496 e. The van der Waals surface area contributed by atoms with Gasteiger partial charge in [0.25, 0.3) is 5.91 Å². The van der Waals surface area contributed by atoms with Crippen LogP contribution in [0.25, 0.3) is 10.4 Å².